The summed E-state index contributed by atoms with van der Waals surface area (Å²) in [6, 6.07) is 5.11. The fourth-order valence-corrected chi connectivity index (χ4v) is 3.34. The number of likely N-dealkylation sites (tertiary alicyclic amines) is 1. The Morgan fingerprint density at radius 2 is 2.04 bits per heavy atom. The number of amides is 2. The topological polar surface area (TPSA) is 75.4 Å². The molecule has 2 rings (SSSR count). The van der Waals surface area contributed by atoms with Crippen molar-refractivity contribution in [3.63, 3.8) is 0 Å². The molecule has 0 aromatic heterocycles. The number of rotatable bonds is 4. The van der Waals surface area contributed by atoms with Crippen LogP contribution in [0.5, 0.6) is 0 Å². The van der Waals surface area contributed by atoms with Gasteiger partial charge in [0.25, 0.3) is 0 Å². The number of nitrogens with one attached hydrogen (secondary N) is 1. The average molecular weight is 321 g/mol. The molecule has 126 valence electrons. The molecule has 1 fully saturated rings. The highest BCUT2D eigenvalue weighted by molar-refractivity contribution is 5.82. The van der Waals surface area contributed by atoms with Gasteiger partial charge in [-0.3, -0.25) is 9.59 Å². The third-order valence-corrected chi connectivity index (χ3v) is 4.31. The Bertz CT molecular complexity index is 591. The minimum atomic E-state index is -0.642. The molecule has 1 saturated heterocycles. The van der Waals surface area contributed by atoms with Gasteiger partial charge in [-0.05, 0) is 44.4 Å². The SMILES string of the molecule is CC(=O)N[C@@H](C)[C@H]1CC[C@H](c2cccc(F)c2)N1C(=O)[C@@H](C)N. The Morgan fingerprint density at radius 3 is 2.61 bits per heavy atom. The van der Waals surface area contributed by atoms with E-state index in [0.717, 1.165) is 18.4 Å². The fourth-order valence-electron chi connectivity index (χ4n) is 3.34. The van der Waals surface area contributed by atoms with Crippen molar-refractivity contribution in [3.05, 3.63) is 35.6 Å². The minimum absolute atomic E-state index is 0.139. The van der Waals surface area contributed by atoms with E-state index in [1.54, 1.807) is 17.9 Å². The van der Waals surface area contributed by atoms with Crippen LogP contribution in [0.4, 0.5) is 4.39 Å². The molecule has 4 atom stereocenters. The lowest BCUT2D eigenvalue weighted by Gasteiger charge is -2.35. The number of carbonyl (C=O) groups excluding carboxylic acids is 2. The van der Waals surface area contributed by atoms with Crippen LogP contribution in [0.15, 0.2) is 24.3 Å². The van der Waals surface area contributed by atoms with Gasteiger partial charge in [0.2, 0.25) is 11.8 Å². The van der Waals surface area contributed by atoms with Gasteiger partial charge in [0, 0.05) is 13.0 Å². The molecule has 0 spiro atoms. The van der Waals surface area contributed by atoms with E-state index in [9.17, 15) is 14.0 Å². The minimum Gasteiger partial charge on any atom is -0.352 e. The van der Waals surface area contributed by atoms with E-state index < -0.39 is 6.04 Å². The number of nitrogens with two attached hydrogens (primary N) is 1. The maximum atomic E-state index is 13.5. The molecule has 3 N–H and O–H groups in total. The predicted molar refractivity (Wildman–Crippen MR) is 85.9 cm³/mol. The van der Waals surface area contributed by atoms with E-state index in [-0.39, 0.29) is 35.8 Å². The zero-order chi connectivity index (χ0) is 17.1. The first-order valence-corrected chi connectivity index (χ1v) is 7.91. The first kappa shape index (κ1) is 17.4. The largest absolute Gasteiger partial charge is 0.352 e. The normalized spacial score (nSPS) is 23.4. The molecular weight excluding hydrogens is 297 g/mol. The maximum absolute atomic E-state index is 13.5. The van der Waals surface area contributed by atoms with Crippen LogP contribution >= 0.6 is 0 Å². The lowest BCUT2D eigenvalue weighted by atomic mass is 10.0. The summed E-state index contributed by atoms with van der Waals surface area (Å²) >= 11 is 0. The second kappa shape index (κ2) is 7.08. The number of benzene rings is 1. The van der Waals surface area contributed by atoms with Crippen LogP contribution in [0.3, 0.4) is 0 Å². The summed E-state index contributed by atoms with van der Waals surface area (Å²) in [7, 11) is 0. The van der Waals surface area contributed by atoms with Gasteiger partial charge >= 0.3 is 0 Å². The van der Waals surface area contributed by atoms with E-state index in [4.69, 9.17) is 5.73 Å². The van der Waals surface area contributed by atoms with E-state index in [2.05, 4.69) is 5.32 Å². The first-order valence-electron chi connectivity index (χ1n) is 7.91. The molecule has 23 heavy (non-hydrogen) atoms. The smallest absolute Gasteiger partial charge is 0.240 e. The van der Waals surface area contributed by atoms with Crippen molar-refractivity contribution in [2.75, 3.05) is 0 Å². The second-order valence-corrected chi connectivity index (χ2v) is 6.24. The van der Waals surface area contributed by atoms with Gasteiger partial charge in [0.15, 0.2) is 0 Å². The van der Waals surface area contributed by atoms with Crippen molar-refractivity contribution in [2.24, 2.45) is 5.73 Å². The van der Waals surface area contributed by atoms with E-state index in [1.807, 2.05) is 13.0 Å². The van der Waals surface area contributed by atoms with Crippen LogP contribution in [-0.4, -0.2) is 34.8 Å². The summed E-state index contributed by atoms with van der Waals surface area (Å²) in [5.74, 6) is -0.645. The first-order chi connectivity index (χ1) is 10.8. The van der Waals surface area contributed by atoms with Gasteiger partial charge in [-0.25, -0.2) is 4.39 Å². The van der Waals surface area contributed by atoms with Gasteiger partial charge in [0.1, 0.15) is 5.82 Å². The summed E-state index contributed by atoms with van der Waals surface area (Å²) in [5, 5.41) is 2.84. The summed E-state index contributed by atoms with van der Waals surface area (Å²) in [4.78, 5) is 25.7. The Balaban J connectivity index is 2.32. The van der Waals surface area contributed by atoms with E-state index in [0.29, 0.717) is 0 Å². The van der Waals surface area contributed by atoms with E-state index >= 15 is 0 Å². The Morgan fingerprint density at radius 1 is 1.35 bits per heavy atom. The molecule has 0 unspecified atom stereocenters. The number of carbonyl (C=O) groups is 2. The van der Waals surface area contributed by atoms with Gasteiger partial charge in [-0.1, -0.05) is 12.1 Å². The summed E-state index contributed by atoms with van der Waals surface area (Å²) in [6.45, 7) is 4.97. The van der Waals surface area contributed by atoms with Crippen LogP contribution in [-0.2, 0) is 9.59 Å². The zero-order valence-electron chi connectivity index (χ0n) is 13.8. The van der Waals surface area contributed by atoms with Gasteiger partial charge in [-0.2, -0.15) is 0 Å². The lowest BCUT2D eigenvalue weighted by Crippen LogP contribution is -2.53. The summed E-state index contributed by atoms with van der Waals surface area (Å²) in [6.07, 6.45) is 1.46. The molecule has 0 aliphatic carbocycles. The third-order valence-electron chi connectivity index (χ3n) is 4.31. The van der Waals surface area contributed by atoms with Crippen molar-refractivity contribution in [1.82, 2.24) is 10.2 Å². The molecule has 0 saturated carbocycles. The summed E-state index contributed by atoms with van der Waals surface area (Å²) in [5.41, 5.74) is 6.56. The van der Waals surface area contributed by atoms with Gasteiger partial charge in [-0.15, -0.1) is 0 Å². The molecule has 6 heteroatoms. The van der Waals surface area contributed by atoms with Crippen molar-refractivity contribution in [3.8, 4) is 0 Å². The highest BCUT2D eigenvalue weighted by Gasteiger charge is 2.41. The monoisotopic (exact) mass is 321 g/mol. The van der Waals surface area contributed by atoms with Crippen molar-refractivity contribution < 1.29 is 14.0 Å². The van der Waals surface area contributed by atoms with E-state index in [1.165, 1.54) is 19.1 Å². The van der Waals surface area contributed by atoms with Crippen molar-refractivity contribution in [1.29, 1.82) is 0 Å². The van der Waals surface area contributed by atoms with Crippen LogP contribution in [0.2, 0.25) is 0 Å². The highest BCUT2D eigenvalue weighted by atomic mass is 19.1. The van der Waals surface area contributed by atoms with Crippen LogP contribution in [0.25, 0.3) is 0 Å². The Hall–Kier alpha value is -1.95. The molecule has 1 aromatic rings. The molecule has 1 aliphatic heterocycles. The van der Waals surface area contributed by atoms with Gasteiger partial charge in [0.05, 0.1) is 18.1 Å². The number of halogens is 1. The van der Waals surface area contributed by atoms with Crippen molar-refractivity contribution >= 4 is 11.8 Å². The zero-order valence-corrected chi connectivity index (χ0v) is 13.8. The molecule has 1 heterocycles. The van der Waals surface area contributed by atoms with Crippen LogP contribution in [0, 0.1) is 5.82 Å². The maximum Gasteiger partial charge on any atom is 0.240 e. The summed E-state index contributed by atoms with van der Waals surface area (Å²) < 4.78 is 13.5. The Kier molecular flexibility index (Phi) is 5.36. The predicted octanol–water partition coefficient (Wildman–Crippen LogP) is 1.73. The average Bonchev–Trinajstić information content (AvgIpc) is 2.90. The fraction of sp³-hybridized carbons (Fsp3) is 0.529. The van der Waals surface area contributed by atoms with Crippen LogP contribution < -0.4 is 11.1 Å². The third kappa shape index (κ3) is 3.88. The number of hydrogen-bond donors (Lipinski definition) is 2. The Labute approximate surface area is 136 Å². The molecule has 1 aromatic carbocycles. The molecule has 1 aliphatic rings. The highest BCUT2D eigenvalue weighted by Crippen LogP contribution is 2.38. The lowest BCUT2D eigenvalue weighted by molar-refractivity contribution is -0.136. The molecule has 2 amide bonds. The number of hydrogen-bond acceptors (Lipinski definition) is 3. The van der Waals surface area contributed by atoms with Crippen LogP contribution in [0.1, 0.15) is 45.2 Å². The molecular formula is C17H24FN3O2. The standard InChI is InChI=1S/C17H24FN3O2/c1-10(19)17(23)21-15(11(2)20-12(3)22)7-8-16(21)13-5-4-6-14(18)9-13/h4-6,9-11,15-16H,7-8,19H2,1-3H3,(H,20,22)/t10-,11+,15-,16-/m1/s1. The molecule has 5 nitrogen and oxygen atoms in total. The van der Waals surface area contributed by atoms with Crippen molar-refractivity contribution in [2.45, 2.75) is 57.8 Å². The quantitative estimate of drug-likeness (QED) is 0.887. The molecule has 0 bridgehead atoms. The molecule has 0 radical (unpaired) electrons. The van der Waals surface area contributed by atoms with Gasteiger partial charge < -0.3 is 16.0 Å². The second-order valence-electron chi connectivity index (χ2n) is 6.24. The number of nitrogens with zero attached hydrogens (tertiary/aromatic N) is 1.